The molecule has 0 saturated carbocycles. The van der Waals surface area contributed by atoms with Gasteiger partial charge in [-0.1, -0.05) is 42.5 Å². The van der Waals surface area contributed by atoms with Gasteiger partial charge in [0.15, 0.2) is 11.5 Å². The number of nitrogens with zero attached hydrogens (tertiary/aromatic N) is 1. The third kappa shape index (κ3) is 6.04. The zero-order chi connectivity index (χ0) is 30.5. The molecule has 0 spiro atoms. The Labute approximate surface area is 252 Å². The van der Waals surface area contributed by atoms with Gasteiger partial charge >= 0.3 is 0 Å². The zero-order valence-corrected chi connectivity index (χ0v) is 25.1. The van der Waals surface area contributed by atoms with Crippen molar-refractivity contribution in [2.45, 2.75) is 36.5 Å². The van der Waals surface area contributed by atoms with Crippen LogP contribution in [0.1, 0.15) is 47.2 Å². The highest BCUT2D eigenvalue weighted by atomic mass is 19.1. The average Bonchev–Trinajstić information content (AvgIpc) is 3.49. The maximum Gasteiger partial charge on any atom is 0.254 e. The number of amides is 2. The minimum atomic E-state index is -0.584. The lowest BCUT2D eigenvalue weighted by atomic mass is 9.72. The lowest BCUT2D eigenvalue weighted by Crippen LogP contribution is -2.51. The summed E-state index contributed by atoms with van der Waals surface area (Å²) >= 11 is 0. The van der Waals surface area contributed by atoms with Gasteiger partial charge in [-0.05, 0) is 74.2 Å². The lowest BCUT2D eigenvalue weighted by Gasteiger charge is -2.37. The first kappa shape index (κ1) is 30.4. The molecule has 5 rings (SSSR count). The number of carbonyl (C=O) groups is 2. The lowest BCUT2D eigenvalue weighted by molar-refractivity contribution is -0.127. The molecule has 2 heterocycles. The van der Waals surface area contributed by atoms with Crippen LogP contribution in [0.2, 0.25) is 0 Å². The van der Waals surface area contributed by atoms with Crippen LogP contribution in [0.3, 0.4) is 0 Å². The van der Waals surface area contributed by atoms with Gasteiger partial charge in [-0.2, -0.15) is 0 Å². The summed E-state index contributed by atoms with van der Waals surface area (Å²) in [6.45, 7) is 2.93. The van der Waals surface area contributed by atoms with Crippen LogP contribution in [-0.4, -0.2) is 70.8 Å². The molecule has 0 aliphatic carbocycles. The Kier molecular flexibility index (Phi) is 9.20. The van der Waals surface area contributed by atoms with E-state index in [1.165, 1.54) is 33.5 Å². The fraction of sp³-hybridized carbons (Fsp3) is 0.412. The number of carbonyl (C=O) groups excluding carboxylic acids is 2. The Morgan fingerprint density at radius 2 is 1.53 bits per heavy atom. The number of benzene rings is 3. The summed E-state index contributed by atoms with van der Waals surface area (Å²) in [6, 6.07) is 19.8. The van der Waals surface area contributed by atoms with Gasteiger partial charge < -0.3 is 29.7 Å². The van der Waals surface area contributed by atoms with Gasteiger partial charge in [0.2, 0.25) is 11.7 Å². The monoisotopic (exact) mass is 589 g/mol. The van der Waals surface area contributed by atoms with Gasteiger partial charge in [-0.15, -0.1) is 0 Å². The molecular formula is C34H40FN3O5. The largest absolute Gasteiger partial charge is 0.493 e. The minimum Gasteiger partial charge on any atom is -0.493 e. The molecule has 1 atom stereocenters. The van der Waals surface area contributed by atoms with E-state index in [1.54, 1.807) is 24.3 Å². The molecule has 2 fully saturated rings. The predicted molar refractivity (Wildman–Crippen MR) is 163 cm³/mol. The van der Waals surface area contributed by atoms with E-state index in [4.69, 9.17) is 14.2 Å². The van der Waals surface area contributed by atoms with E-state index in [9.17, 15) is 14.0 Å². The SMILES string of the molecule is COc1cc(C(=O)N2CCC(CCNC(=O)C3(c4ccccc4)CCNCC3)(c3ccc(F)cc3)C2)cc(OC)c1OC. The Hall–Kier alpha value is -4.11. The van der Waals surface area contributed by atoms with E-state index in [2.05, 4.69) is 10.6 Å². The number of methoxy groups -OCH3 is 3. The van der Waals surface area contributed by atoms with Gasteiger partial charge in [-0.25, -0.2) is 4.39 Å². The van der Waals surface area contributed by atoms with Gasteiger partial charge in [0.1, 0.15) is 5.82 Å². The molecule has 9 heteroatoms. The molecule has 3 aromatic rings. The van der Waals surface area contributed by atoms with Gasteiger partial charge in [0.05, 0.1) is 26.7 Å². The minimum absolute atomic E-state index is 0.0257. The van der Waals surface area contributed by atoms with E-state index < -0.39 is 10.8 Å². The molecule has 228 valence electrons. The number of hydrogen-bond donors (Lipinski definition) is 2. The normalized spacial score (nSPS) is 19.5. The molecular weight excluding hydrogens is 549 g/mol. The first-order chi connectivity index (χ1) is 20.9. The third-order valence-electron chi connectivity index (χ3n) is 9.12. The van der Waals surface area contributed by atoms with Crippen molar-refractivity contribution >= 4 is 11.8 Å². The molecule has 1 unspecified atom stereocenters. The number of ether oxygens (including phenoxy) is 3. The molecule has 2 aliphatic rings. The summed E-state index contributed by atoms with van der Waals surface area (Å²) in [4.78, 5) is 29.4. The number of nitrogens with one attached hydrogen (secondary N) is 2. The van der Waals surface area contributed by atoms with Crippen molar-refractivity contribution in [1.29, 1.82) is 0 Å². The van der Waals surface area contributed by atoms with Crippen LogP contribution < -0.4 is 24.8 Å². The number of likely N-dealkylation sites (tertiary alicyclic amines) is 1. The summed E-state index contributed by atoms with van der Waals surface area (Å²) in [6.07, 6.45) is 2.73. The Balaban J connectivity index is 1.37. The van der Waals surface area contributed by atoms with E-state index in [0.717, 1.165) is 37.1 Å². The Morgan fingerprint density at radius 1 is 0.884 bits per heavy atom. The topological polar surface area (TPSA) is 89.1 Å². The maximum absolute atomic E-state index is 13.9. The molecule has 0 bridgehead atoms. The van der Waals surface area contributed by atoms with Crippen LogP contribution in [-0.2, 0) is 15.6 Å². The highest BCUT2D eigenvalue weighted by molar-refractivity contribution is 5.96. The number of hydrogen-bond acceptors (Lipinski definition) is 6. The molecule has 2 amide bonds. The third-order valence-corrected chi connectivity index (χ3v) is 9.12. The van der Waals surface area contributed by atoms with E-state index in [-0.39, 0.29) is 17.6 Å². The molecule has 8 nitrogen and oxygen atoms in total. The molecule has 3 aromatic carbocycles. The quantitative estimate of drug-likeness (QED) is 0.363. The van der Waals surface area contributed by atoms with Crippen LogP contribution in [0.4, 0.5) is 4.39 Å². The summed E-state index contributed by atoms with van der Waals surface area (Å²) in [7, 11) is 4.55. The second-order valence-corrected chi connectivity index (χ2v) is 11.4. The van der Waals surface area contributed by atoms with E-state index >= 15 is 0 Å². The fourth-order valence-electron chi connectivity index (χ4n) is 6.66. The van der Waals surface area contributed by atoms with Crippen molar-refractivity contribution in [2.75, 3.05) is 54.1 Å². The highest BCUT2D eigenvalue weighted by Crippen LogP contribution is 2.41. The summed E-state index contributed by atoms with van der Waals surface area (Å²) < 4.78 is 30.3. The predicted octanol–water partition coefficient (Wildman–Crippen LogP) is 4.46. The van der Waals surface area contributed by atoms with Crippen molar-refractivity contribution in [3.05, 3.63) is 89.2 Å². The molecule has 2 saturated heterocycles. The molecule has 0 radical (unpaired) electrons. The average molecular weight is 590 g/mol. The van der Waals surface area contributed by atoms with Crippen molar-refractivity contribution in [3.63, 3.8) is 0 Å². The standard InChI is InChI=1S/C34H40FN3O5/c1-41-28-21-24(22-29(42-2)30(28)43-3)31(39)38-20-16-33(23-38,25-9-11-27(35)12-10-25)13-19-37-32(40)34(14-17-36-18-15-34)26-7-5-4-6-8-26/h4-12,21-22,36H,13-20,23H2,1-3H3,(H,37,40). The van der Waals surface area contributed by atoms with Crippen molar-refractivity contribution in [3.8, 4) is 17.2 Å². The van der Waals surface area contributed by atoms with Crippen molar-refractivity contribution in [2.24, 2.45) is 0 Å². The number of piperidine rings is 1. The summed E-state index contributed by atoms with van der Waals surface area (Å²) in [5.74, 6) is 0.778. The molecule has 2 aliphatic heterocycles. The van der Waals surface area contributed by atoms with E-state index in [0.29, 0.717) is 55.3 Å². The first-order valence-corrected chi connectivity index (χ1v) is 14.8. The van der Waals surface area contributed by atoms with E-state index in [1.807, 2.05) is 35.2 Å². The van der Waals surface area contributed by atoms with Crippen LogP contribution >= 0.6 is 0 Å². The van der Waals surface area contributed by atoms with Crippen LogP contribution in [0.15, 0.2) is 66.7 Å². The first-order valence-electron chi connectivity index (χ1n) is 14.8. The van der Waals surface area contributed by atoms with Crippen LogP contribution in [0, 0.1) is 5.82 Å². The van der Waals surface area contributed by atoms with Gasteiger partial charge in [0.25, 0.3) is 5.91 Å². The van der Waals surface area contributed by atoms with Crippen LogP contribution in [0.25, 0.3) is 0 Å². The van der Waals surface area contributed by atoms with Gasteiger partial charge in [-0.3, -0.25) is 9.59 Å². The summed E-state index contributed by atoms with van der Waals surface area (Å²) in [5, 5.41) is 6.63. The van der Waals surface area contributed by atoms with Gasteiger partial charge in [0, 0.05) is 30.6 Å². The van der Waals surface area contributed by atoms with Crippen LogP contribution in [0.5, 0.6) is 17.2 Å². The second-order valence-electron chi connectivity index (χ2n) is 11.4. The maximum atomic E-state index is 13.9. The Morgan fingerprint density at radius 3 is 2.14 bits per heavy atom. The zero-order valence-electron chi connectivity index (χ0n) is 25.1. The Bertz CT molecular complexity index is 1400. The fourth-order valence-corrected chi connectivity index (χ4v) is 6.66. The molecule has 43 heavy (non-hydrogen) atoms. The number of halogens is 1. The highest BCUT2D eigenvalue weighted by Gasteiger charge is 2.44. The second kappa shape index (κ2) is 13.0. The van der Waals surface area contributed by atoms with Crippen molar-refractivity contribution < 1.29 is 28.2 Å². The molecule has 0 aromatic heterocycles. The molecule has 2 N–H and O–H groups in total. The smallest absolute Gasteiger partial charge is 0.254 e. The van der Waals surface area contributed by atoms with Crippen molar-refractivity contribution in [1.82, 2.24) is 15.5 Å². The number of rotatable bonds is 10. The summed E-state index contributed by atoms with van der Waals surface area (Å²) in [5.41, 5.74) is 1.37.